The molecule has 0 radical (unpaired) electrons. The summed E-state index contributed by atoms with van der Waals surface area (Å²) < 4.78 is 0. The summed E-state index contributed by atoms with van der Waals surface area (Å²) >= 11 is 0. The Bertz CT molecular complexity index is 873. The van der Waals surface area contributed by atoms with Gasteiger partial charge < -0.3 is 5.11 Å². The van der Waals surface area contributed by atoms with Crippen molar-refractivity contribution in [3.63, 3.8) is 0 Å². The van der Waals surface area contributed by atoms with Crippen molar-refractivity contribution >= 4 is 30.1 Å². The van der Waals surface area contributed by atoms with Crippen molar-refractivity contribution in [3.05, 3.63) is 76.9 Å². The summed E-state index contributed by atoms with van der Waals surface area (Å²) in [7, 11) is 0. The fraction of sp³-hybridized carbons (Fsp3) is 0. The Morgan fingerprint density at radius 3 is 2.35 bits per heavy atom. The van der Waals surface area contributed by atoms with E-state index in [1.807, 2.05) is 0 Å². The van der Waals surface area contributed by atoms with Crippen LogP contribution >= 0.6 is 0 Å². The average Bonchev–Trinajstić information content (AvgIpc) is 2.66. The summed E-state index contributed by atoms with van der Waals surface area (Å²) in [5.41, 5.74) is 5.21. The van der Waals surface area contributed by atoms with Gasteiger partial charge in [0.15, 0.2) is 0 Å². The lowest BCUT2D eigenvalue weighted by atomic mass is 10.1. The number of hydrazone groups is 1. The van der Waals surface area contributed by atoms with Crippen LogP contribution < -0.4 is 10.9 Å². The van der Waals surface area contributed by atoms with Gasteiger partial charge in [0.2, 0.25) is 0 Å². The van der Waals surface area contributed by atoms with Gasteiger partial charge in [-0.05, 0) is 29.8 Å². The number of hydrogen-bond acceptors (Lipinski definition) is 5. The van der Waals surface area contributed by atoms with E-state index in [2.05, 4.69) is 10.5 Å². The number of aromatic carboxylic acids is 1. The Hall–Kier alpha value is -3.78. The third-order valence-corrected chi connectivity index (χ3v) is 3.27. The van der Waals surface area contributed by atoms with Crippen LogP contribution in [0.25, 0.3) is 6.08 Å². The molecule has 0 unspecified atom stereocenters. The van der Waals surface area contributed by atoms with Crippen LogP contribution in [-0.2, 0) is 4.79 Å². The lowest BCUT2D eigenvalue weighted by molar-refractivity contribution is -0.124. The summed E-state index contributed by atoms with van der Waals surface area (Å²) in [5.74, 6) is -2.22. The average molecular weight is 353 g/mol. The predicted octanol–water partition coefficient (Wildman–Crippen LogP) is 1.67. The first kappa shape index (κ1) is 18.6. The van der Waals surface area contributed by atoms with Crippen molar-refractivity contribution in [2.75, 3.05) is 0 Å². The van der Waals surface area contributed by atoms with Crippen LogP contribution in [0.1, 0.15) is 31.8 Å². The molecule has 132 valence electrons. The zero-order valence-electron chi connectivity index (χ0n) is 13.4. The molecule has 0 aliphatic heterocycles. The minimum absolute atomic E-state index is 0.0774. The predicted molar refractivity (Wildman–Crippen MR) is 93.9 cm³/mol. The highest BCUT2D eigenvalue weighted by Crippen LogP contribution is 2.07. The molecule has 26 heavy (non-hydrogen) atoms. The summed E-state index contributed by atoms with van der Waals surface area (Å²) in [4.78, 5) is 34.0. The maximum absolute atomic E-state index is 12.0. The third-order valence-electron chi connectivity index (χ3n) is 3.27. The van der Waals surface area contributed by atoms with Gasteiger partial charge in [-0.15, -0.1) is 0 Å². The van der Waals surface area contributed by atoms with Gasteiger partial charge in [-0.3, -0.25) is 14.8 Å². The van der Waals surface area contributed by atoms with Gasteiger partial charge in [0.1, 0.15) is 0 Å². The van der Waals surface area contributed by atoms with Crippen molar-refractivity contribution in [2.24, 2.45) is 5.10 Å². The fourth-order valence-corrected chi connectivity index (χ4v) is 1.98. The Balaban J connectivity index is 2.01. The van der Waals surface area contributed by atoms with Crippen molar-refractivity contribution in [1.82, 2.24) is 10.9 Å². The standard InChI is InChI=1S/C18H15N3O5/c22-16(21-26)10-7-12-5-8-13(9-6-12)17(23)20-19-11-14-3-1-2-4-15(14)18(24)25/h1-11,26H,(H,20,23)(H,21,22)(H,24,25). The van der Waals surface area contributed by atoms with E-state index in [4.69, 9.17) is 10.3 Å². The molecule has 0 aromatic heterocycles. The second-order valence-corrected chi connectivity index (χ2v) is 5.02. The van der Waals surface area contributed by atoms with Crippen LogP contribution in [-0.4, -0.2) is 34.3 Å². The van der Waals surface area contributed by atoms with Gasteiger partial charge in [-0.25, -0.2) is 15.7 Å². The molecule has 4 N–H and O–H groups in total. The van der Waals surface area contributed by atoms with Crippen molar-refractivity contribution in [2.45, 2.75) is 0 Å². The minimum Gasteiger partial charge on any atom is -0.478 e. The second kappa shape index (κ2) is 8.90. The van der Waals surface area contributed by atoms with Gasteiger partial charge in [0, 0.05) is 17.2 Å². The number of hydrogen-bond donors (Lipinski definition) is 4. The molecule has 0 heterocycles. The molecular formula is C18H15N3O5. The topological polar surface area (TPSA) is 128 Å². The number of carboxylic acids is 1. The molecule has 8 heteroatoms. The normalized spacial score (nSPS) is 10.8. The van der Waals surface area contributed by atoms with Gasteiger partial charge in [0.05, 0.1) is 11.8 Å². The number of nitrogens with one attached hydrogen (secondary N) is 2. The number of hydroxylamine groups is 1. The van der Waals surface area contributed by atoms with E-state index in [1.165, 1.54) is 36.0 Å². The molecule has 2 aromatic rings. The number of rotatable bonds is 6. The highest BCUT2D eigenvalue weighted by molar-refractivity contribution is 5.99. The molecule has 0 aliphatic carbocycles. The Morgan fingerprint density at radius 2 is 1.69 bits per heavy atom. The van der Waals surface area contributed by atoms with Gasteiger partial charge >= 0.3 is 5.97 Å². The first-order chi connectivity index (χ1) is 12.5. The zero-order chi connectivity index (χ0) is 18.9. The number of carboxylic acid groups (broad SMARTS) is 1. The molecule has 0 fully saturated rings. The molecular weight excluding hydrogens is 338 g/mol. The SMILES string of the molecule is O=C(C=Cc1ccc(C(=O)NN=Cc2ccccc2C(=O)O)cc1)NO. The lowest BCUT2D eigenvalue weighted by Crippen LogP contribution is -2.17. The van der Waals surface area contributed by atoms with Crippen LogP contribution in [0.4, 0.5) is 0 Å². The van der Waals surface area contributed by atoms with Crippen LogP contribution in [0.3, 0.4) is 0 Å². The number of nitrogens with zero attached hydrogens (tertiary/aromatic N) is 1. The smallest absolute Gasteiger partial charge is 0.336 e. The molecule has 0 saturated carbocycles. The quantitative estimate of drug-likeness (QED) is 0.272. The lowest BCUT2D eigenvalue weighted by Gasteiger charge is -2.02. The molecule has 2 aromatic carbocycles. The number of carbonyl (C=O) groups excluding carboxylic acids is 2. The van der Waals surface area contributed by atoms with E-state index in [0.717, 1.165) is 6.08 Å². The number of benzene rings is 2. The Morgan fingerprint density at radius 1 is 1.00 bits per heavy atom. The summed E-state index contributed by atoms with van der Waals surface area (Å²) in [6.45, 7) is 0. The molecule has 0 aliphatic rings. The maximum Gasteiger partial charge on any atom is 0.336 e. The minimum atomic E-state index is -1.09. The molecule has 0 atom stereocenters. The second-order valence-electron chi connectivity index (χ2n) is 5.02. The molecule has 2 rings (SSSR count). The van der Waals surface area contributed by atoms with E-state index >= 15 is 0 Å². The van der Waals surface area contributed by atoms with Crippen molar-refractivity contribution in [1.29, 1.82) is 0 Å². The molecule has 0 spiro atoms. The highest BCUT2D eigenvalue weighted by Gasteiger charge is 2.07. The first-order valence-electron chi connectivity index (χ1n) is 7.39. The monoisotopic (exact) mass is 353 g/mol. The Labute approximate surface area is 148 Å². The van der Waals surface area contributed by atoms with E-state index in [-0.39, 0.29) is 5.56 Å². The highest BCUT2D eigenvalue weighted by atomic mass is 16.5. The van der Waals surface area contributed by atoms with Crippen molar-refractivity contribution in [3.8, 4) is 0 Å². The van der Waals surface area contributed by atoms with Crippen LogP contribution in [0.15, 0.2) is 59.7 Å². The summed E-state index contributed by atoms with van der Waals surface area (Å²) in [6, 6.07) is 12.6. The van der Waals surface area contributed by atoms with Gasteiger partial charge in [0.25, 0.3) is 11.8 Å². The first-order valence-corrected chi connectivity index (χ1v) is 7.39. The number of amides is 2. The van der Waals surface area contributed by atoms with E-state index < -0.39 is 17.8 Å². The summed E-state index contributed by atoms with van der Waals surface area (Å²) in [5, 5.41) is 21.2. The largest absolute Gasteiger partial charge is 0.478 e. The van der Waals surface area contributed by atoms with Crippen molar-refractivity contribution < 1.29 is 24.7 Å². The third kappa shape index (κ3) is 5.11. The number of carbonyl (C=O) groups is 3. The molecule has 8 nitrogen and oxygen atoms in total. The van der Waals surface area contributed by atoms with E-state index in [0.29, 0.717) is 16.7 Å². The van der Waals surface area contributed by atoms with Gasteiger partial charge in [-0.2, -0.15) is 5.10 Å². The van der Waals surface area contributed by atoms with Gasteiger partial charge in [-0.1, -0.05) is 30.3 Å². The molecule has 0 bridgehead atoms. The molecule has 2 amide bonds. The zero-order valence-corrected chi connectivity index (χ0v) is 13.4. The Kier molecular flexibility index (Phi) is 6.35. The van der Waals surface area contributed by atoms with E-state index in [1.54, 1.807) is 30.3 Å². The van der Waals surface area contributed by atoms with Crippen LogP contribution in [0, 0.1) is 0 Å². The van der Waals surface area contributed by atoms with E-state index in [9.17, 15) is 14.4 Å². The van der Waals surface area contributed by atoms with Crippen LogP contribution in [0.2, 0.25) is 0 Å². The fourth-order valence-electron chi connectivity index (χ4n) is 1.98. The molecule has 0 saturated heterocycles. The maximum atomic E-state index is 12.0. The van der Waals surface area contributed by atoms with Crippen LogP contribution in [0.5, 0.6) is 0 Å². The summed E-state index contributed by atoms with van der Waals surface area (Å²) in [6.07, 6.45) is 3.86.